The number of carbonyl (C=O) groups is 1. The van der Waals surface area contributed by atoms with Crippen molar-refractivity contribution in [2.75, 3.05) is 6.54 Å². The Morgan fingerprint density at radius 3 is 2.95 bits per heavy atom. The molecule has 0 bridgehead atoms. The van der Waals surface area contributed by atoms with Crippen LogP contribution in [0, 0.1) is 6.92 Å². The summed E-state index contributed by atoms with van der Waals surface area (Å²) >= 11 is 0. The molecule has 19 heavy (non-hydrogen) atoms. The number of amides is 1. The average molecular weight is 262 g/mol. The largest absolute Gasteiger partial charge is 0.447 e. The molecule has 0 aromatic carbocycles. The summed E-state index contributed by atoms with van der Waals surface area (Å²) in [6.07, 6.45) is 5.03. The van der Waals surface area contributed by atoms with Crippen molar-refractivity contribution in [3.05, 3.63) is 35.8 Å². The van der Waals surface area contributed by atoms with E-state index in [0.29, 0.717) is 24.5 Å². The van der Waals surface area contributed by atoms with Crippen molar-refractivity contribution in [1.29, 1.82) is 0 Å². The number of nitrogens with one attached hydrogen (secondary N) is 1. The van der Waals surface area contributed by atoms with Gasteiger partial charge in [0.05, 0.1) is 12.7 Å². The number of carbonyl (C=O) groups excluding carboxylic acids is 1. The maximum absolute atomic E-state index is 12.0. The van der Waals surface area contributed by atoms with Crippen molar-refractivity contribution in [3.8, 4) is 0 Å². The molecule has 6 nitrogen and oxygen atoms in total. The van der Waals surface area contributed by atoms with Gasteiger partial charge in [0.25, 0.3) is 5.91 Å². The molecule has 0 aliphatic heterocycles. The topological polar surface area (TPSA) is 73.0 Å². The van der Waals surface area contributed by atoms with Crippen LogP contribution in [0.3, 0.4) is 0 Å². The summed E-state index contributed by atoms with van der Waals surface area (Å²) < 4.78 is 7.02. The fourth-order valence-corrected chi connectivity index (χ4v) is 1.79. The van der Waals surface area contributed by atoms with E-state index in [1.54, 1.807) is 10.9 Å². The molecule has 0 saturated heterocycles. The van der Waals surface area contributed by atoms with Crippen LogP contribution < -0.4 is 5.32 Å². The highest BCUT2D eigenvalue weighted by molar-refractivity contribution is 5.93. The van der Waals surface area contributed by atoms with Crippen LogP contribution in [0.15, 0.2) is 23.2 Å². The number of hydrogen-bond donors (Lipinski definition) is 1. The predicted octanol–water partition coefficient (Wildman–Crippen LogP) is 1.73. The van der Waals surface area contributed by atoms with Crippen LogP contribution in [0.1, 0.15) is 41.6 Å². The Labute approximate surface area is 111 Å². The summed E-state index contributed by atoms with van der Waals surface area (Å²) in [5, 5.41) is 6.97. The second kappa shape index (κ2) is 5.69. The predicted molar refractivity (Wildman–Crippen MR) is 69.9 cm³/mol. The summed E-state index contributed by atoms with van der Waals surface area (Å²) in [5.41, 5.74) is 1.47. The molecular formula is C13H18N4O2. The highest BCUT2D eigenvalue weighted by atomic mass is 16.3. The Morgan fingerprint density at radius 2 is 2.32 bits per heavy atom. The minimum Gasteiger partial charge on any atom is -0.447 e. The molecule has 102 valence electrons. The van der Waals surface area contributed by atoms with Crippen molar-refractivity contribution >= 4 is 5.91 Å². The third-order valence-electron chi connectivity index (χ3n) is 2.72. The minimum atomic E-state index is -0.207. The van der Waals surface area contributed by atoms with E-state index in [2.05, 4.69) is 15.4 Å². The van der Waals surface area contributed by atoms with Gasteiger partial charge >= 0.3 is 0 Å². The standard InChI is InChI=1S/C13H18N4O2/c1-9(2)12-11(15-8-19-12)13(18)14-4-5-17-7-10(3)6-16-17/h6-9H,4-5H2,1-3H3,(H,14,18). The fourth-order valence-electron chi connectivity index (χ4n) is 1.79. The Morgan fingerprint density at radius 1 is 1.53 bits per heavy atom. The molecule has 0 atom stereocenters. The molecule has 1 N–H and O–H groups in total. The van der Waals surface area contributed by atoms with Gasteiger partial charge in [0, 0.05) is 18.7 Å². The van der Waals surface area contributed by atoms with Crippen LogP contribution >= 0.6 is 0 Å². The summed E-state index contributed by atoms with van der Waals surface area (Å²) in [5.74, 6) is 0.547. The highest BCUT2D eigenvalue weighted by Crippen LogP contribution is 2.17. The van der Waals surface area contributed by atoms with E-state index >= 15 is 0 Å². The minimum absolute atomic E-state index is 0.136. The van der Waals surface area contributed by atoms with Gasteiger partial charge in [-0.1, -0.05) is 13.8 Å². The summed E-state index contributed by atoms with van der Waals surface area (Å²) in [4.78, 5) is 15.9. The first-order chi connectivity index (χ1) is 9.08. The van der Waals surface area contributed by atoms with Crippen molar-refractivity contribution in [3.63, 3.8) is 0 Å². The molecule has 0 aliphatic rings. The molecule has 0 aliphatic carbocycles. The normalized spacial score (nSPS) is 10.9. The van der Waals surface area contributed by atoms with Gasteiger partial charge in [0.1, 0.15) is 5.76 Å². The lowest BCUT2D eigenvalue weighted by molar-refractivity contribution is 0.0945. The van der Waals surface area contributed by atoms with Crippen LogP contribution in [-0.4, -0.2) is 27.2 Å². The third-order valence-corrected chi connectivity index (χ3v) is 2.72. The molecule has 0 unspecified atom stereocenters. The molecule has 2 aromatic heterocycles. The van der Waals surface area contributed by atoms with Gasteiger partial charge in [-0.25, -0.2) is 4.98 Å². The second-order valence-corrected chi connectivity index (χ2v) is 4.76. The number of nitrogens with zero attached hydrogens (tertiary/aromatic N) is 3. The lowest BCUT2D eigenvalue weighted by atomic mass is 10.1. The molecule has 1 amide bonds. The molecule has 2 rings (SSSR count). The zero-order chi connectivity index (χ0) is 13.8. The SMILES string of the molecule is Cc1cnn(CCNC(=O)c2ncoc2C(C)C)c1. The lowest BCUT2D eigenvalue weighted by Crippen LogP contribution is -2.28. The van der Waals surface area contributed by atoms with Crippen molar-refractivity contribution in [2.24, 2.45) is 0 Å². The Hall–Kier alpha value is -2.11. The van der Waals surface area contributed by atoms with Gasteiger partial charge in [-0.3, -0.25) is 9.48 Å². The van der Waals surface area contributed by atoms with E-state index in [-0.39, 0.29) is 11.8 Å². The first kappa shape index (κ1) is 13.3. The van der Waals surface area contributed by atoms with Crippen molar-refractivity contribution in [2.45, 2.75) is 33.2 Å². The smallest absolute Gasteiger partial charge is 0.273 e. The molecular weight excluding hydrogens is 244 g/mol. The number of aromatic nitrogens is 3. The lowest BCUT2D eigenvalue weighted by Gasteiger charge is -2.06. The number of rotatable bonds is 5. The van der Waals surface area contributed by atoms with E-state index < -0.39 is 0 Å². The van der Waals surface area contributed by atoms with Gasteiger partial charge in [0.2, 0.25) is 0 Å². The van der Waals surface area contributed by atoms with E-state index in [9.17, 15) is 4.79 Å². The number of aryl methyl sites for hydroxylation is 1. The van der Waals surface area contributed by atoms with Gasteiger partial charge in [-0.15, -0.1) is 0 Å². The van der Waals surface area contributed by atoms with Crippen molar-refractivity contribution in [1.82, 2.24) is 20.1 Å². The molecule has 0 fully saturated rings. The first-order valence-corrected chi connectivity index (χ1v) is 6.28. The van der Waals surface area contributed by atoms with Gasteiger partial charge in [-0.05, 0) is 12.5 Å². The summed E-state index contributed by atoms with van der Waals surface area (Å²) in [6.45, 7) is 7.04. The van der Waals surface area contributed by atoms with Crippen molar-refractivity contribution < 1.29 is 9.21 Å². The molecule has 2 heterocycles. The second-order valence-electron chi connectivity index (χ2n) is 4.76. The van der Waals surface area contributed by atoms with Crippen LogP contribution in [-0.2, 0) is 6.54 Å². The third kappa shape index (κ3) is 3.21. The van der Waals surface area contributed by atoms with Gasteiger partial charge in [0.15, 0.2) is 12.1 Å². The van der Waals surface area contributed by atoms with Crippen LogP contribution in [0.2, 0.25) is 0 Å². The van der Waals surface area contributed by atoms with Gasteiger partial charge in [-0.2, -0.15) is 5.10 Å². The van der Waals surface area contributed by atoms with E-state index in [1.165, 1.54) is 6.39 Å². The number of hydrogen-bond acceptors (Lipinski definition) is 4. The average Bonchev–Trinajstić information content (AvgIpc) is 2.97. The maximum atomic E-state index is 12.0. The molecule has 0 saturated carbocycles. The quantitative estimate of drug-likeness (QED) is 0.890. The molecule has 0 radical (unpaired) electrons. The van der Waals surface area contributed by atoms with E-state index in [0.717, 1.165) is 5.56 Å². The zero-order valence-corrected chi connectivity index (χ0v) is 11.4. The van der Waals surface area contributed by atoms with E-state index in [4.69, 9.17) is 4.42 Å². The zero-order valence-electron chi connectivity index (χ0n) is 11.4. The first-order valence-electron chi connectivity index (χ1n) is 6.28. The highest BCUT2D eigenvalue weighted by Gasteiger charge is 2.18. The fraction of sp³-hybridized carbons (Fsp3) is 0.462. The summed E-state index contributed by atoms with van der Waals surface area (Å²) in [6, 6.07) is 0. The molecule has 2 aromatic rings. The van der Waals surface area contributed by atoms with Crippen LogP contribution in [0.25, 0.3) is 0 Å². The van der Waals surface area contributed by atoms with Crippen LogP contribution in [0.5, 0.6) is 0 Å². The molecule has 0 spiro atoms. The molecule has 6 heteroatoms. The number of oxazole rings is 1. The van der Waals surface area contributed by atoms with Crippen LogP contribution in [0.4, 0.5) is 0 Å². The monoisotopic (exact) mass is 262 g/mol. The Kier molecular flexibility index (Phi) is 3.99. The summed E-state index contributed by atoms with van der Waals surface area (Å²) in [7, 11) is 0. The van der Waals surface area contributed by atoms with Gasteiger partial charge < -0.3 is 9.73 Å². The Balaban J connectivity index is 1.89. The Bertz CT molecular complexity index is 556. The maximum Gasteiger partial charge on any atom is 0.273 e. The van der Waals surface area contributed by atoms with E-state index in [1.807, 2.05) is 27.0 Å².